The molecule has 1 fully saturated rings. The summed E-state index contributed by atoms with van der Waals surface area (Å²) in [6.07, 6.45) is 7.99. The van der Waals surface area contributed by atoms with Gasteiger partial charge in [-0.1, -0.05) is 29.9 Å². The van der Waals surface area contributed by atoms with Crippen molar-refractivity contribution < 1.29 is 49.0 Å². The summed E-state index contributed by atoms with van der Waals surface area (Å²) in [6.45, 7) is 1.59. The zero-order valence-corrected chi connectivity index (χ0v) is 21.7. The first-order chi connectivity index (χ1) is 17.3. The molecule has 0 unspecified atom stereocenters. The van der Waals surface area contributed by atoms with Gasteiger partial charge in [0, 0.05) is 18.0 Å². The first-order valence-electron chi connectivity index (χ1n) is 10.4. The second kappa shape index (κ2) is 11.6. The number of aromatic amines is 1. The molecule has 1 saturated heterocycles. The summed E-state index contributed by atoms with van der Waals surface area (Å²) in [5, 5.41) is 14.9. The van der Waals surface area contributed by atoms with E-state index in [2.05, 4.69) is 20.3 Å². The van der Waals surface area contributed by atoms with Gasteiger partial charge in [-0.05, 0) is 49.2 Å². The minimum absolute atomic E-state index is 0. The Morgan fingerprint density at radius 3 is 2.24 bits per heavy atom. The molecule has 1 aliphatic heterocycles. The molecule has 0 spiro atoms. The summed E-state index contributed by atoms with van der Waals surface area (Å²) in [5.74, 6) is -2.52. The molecule has 1 aliphatic rings. The van der Waals surface area contributed by atoms with E-state index in [1.807, 2.05) is 0 Å². The number of amides is 4. The van der Waals surface area contributed by atoms with Gasteiger partial charge in [-0.15, -0.1) is 0 Å². The average molecular weight is 508 g/mol. The van der Waals surface area contributed by atoms with Crippen molar-refractivity contribution >= 4 is 29.7 Å². The van der Waals surface area contributed by atoms with Crippen LogP contribution < -0.4 is 56.1 Å². The Morgan fingerprint density at radius 1 is 0.973 bits per heavy atom. The summed E-state index contributed by atoms with van der Waals surface area (Å²) in [5.41, 5.74) is -2.01. The fourth-order valence-corrected chi connectivity index (χ4v) is 3.23. The zero-order chi connectivity index (χ0) is 25.8. The molecule has 180 valence electrons. The molecule has 37 heavy (non-hydrogen) atoms. The van der Waals surface area contributed by atoms with Crippen LogP contribution in [0.25, 0.3) is 11.9 Å². The van der Waals surface area contributed by atoms with Gasteiger partial charge in [-0.3, -0.25) is 29.3 Å². The van der Waals surface area contributed by atoms with Crippen LogP contribution >= 0.6 is 0 Å². The van der Waals surface area contributed by atoms with Crippen LogP contribution in [0.3, 0.4) is 0 Å². The number of carbonyl (C=O) groups excluding carboxylic acids is 3. The molecule has 0 radical (unpaired) electrons. The molecule has 0 saturated carbocycles. The molecular weight excluding hydrogens is 491 g/mol. The number of aromatic nitrogens is 4. The van der Waals surface area contributed by atoms with Crippen LogP contribution in [-0.2, 0) is 9.59 Å². The molecule has 0 aromatic carbocycles. The van der Waals surface area contributed by atoms with Gasteiger partial charge in [0.1, 0.15) is 17.2 Å². The average Bonchev–Trinajstić information content (AvgIpc) is 2.84. The third kappa shape index (κ3) is 5.72. The maximum atomic E-state index is 12.8. The molecular formula is C24H17N6NaO6. The Bertz CT molecular complexity index is 1570. The molecule has 0 bridgehead atoms. The Kier molecular flexibility index (Phi) is 8.50. The predicted molar refractivity (Wildman–Crippen MR) is 126 cm³/mol. The summed E-state index contributed by atoms with van der Waals surface area (Å²) in [6, 6.07) is 8.34. The minimum atomic E-state index is -0.924. The smallest absolute Gasteiger partial charge is 0.859 e. The molecule has 13 heteroatoms. The van der Waals surface area contributed by atoms with Gasteiger partial charge in [0.2, 0.25) is 0 Å². The number of H-pyrrole nitrogens is 1. The van der Waals surface area contributed by atoms with Gasteiger partial charge in [-0.2, -0.15) is 0 Å². The standard InChI is InChI=1S/C24H18N6O6.Na/c1-14(8-10-15-19(31)27-23(35)29(21(15)33)17-6-2-4-12-25-17)9-11-16-20(32)28-24(36)30(22(16)34)18-7-3-5-13-26-18;/h2-13,33H,1H3,(H,27,31,35)(H,28,32,36);/q;+1/p-1/b10-8+,14-9+,16-11+;. The predicted octanol–water partition coefficient (Wildman–Crippen LogP) is -2.44. The molecule has 4 heterocycles. The van der Waals surface area contributed by atoms with Crippen molar-refractivity contribution in [1.29, 1.82) is 0 Å². The van der Waals surface area contributed by atoms with Crippen molar-refractivity contribution in [3.8, 4) is 11.7 Å². The van der Waals surface area contributed by atoms with Crippen LogP contribution in [0.15, 0.2) is 87.8 Å². The van der Waals surface area contributed by atoms with Crippen molar-refractivity contribution in [2.75, 3.05) is 4.90 Å². The summed E-state index contributed by atoms with van der Waals surface area (Å²) in [7, 11) is 0. The van der Waals surface area contributed by atoms with E-state index in [1.165, 1.54) is 48.8 Å². The number of pyridine rings is 2. The molecule has 4 amide bonds. The Labute approximate surface area is 231 Å². The number of anilines is 1. The van der Waals surface area contributed by atoms with Crippen LogP contribution in [0.1, 0.15) is 12.5 Å². The molecule has 3 aromatic rings. The minimum Gasteiger partial charge on any atom is -0.859 e. The topological polar surface area (TPSA) is 170 Å². The van der Waals surface area contributed by atoms with E-state index < -0.39 is 35.0 Å². The number of carbonyl (C=O) groups is 3. The Morgan fingerprint density at radius 2 is 1.62 bits per heavy atom. The SMILES string of the molecule is CC(/C=C/c1c([O-])n(-c2ccccn2)c(=O)[nH]c1=O)=C\C=C1/C(=O)NC(=O)N(c2ccccn2)C1=O.[Na+]. The second-order valence-electron chi connectivity index (χ2n) is 7.41. The van der Waals surface area contributed by atoms with E-state index >= 15 is 0 Å². The van der Waals surface area contributed by atoms with Gasteiger partial charge in [-0.25, -0.2) is 24.5 Å². The van der Waals surface area contributed by atoms with E-state index in [0.717, 1.165) is 9.47 Å². The van der Waals surface area contributed by atoms with Crippen LogP contribution in [0, 0.1) is 0 Å². The number of barbiturate groups is 1. The number of nitrogens with one attached hydrogen (secondary N) is 2. The largest absolute Gasteiger partial charge is 1.00 e. The third-order valence-corrected chi connectivity index (χ3v) is 4.99. The monoisotopic (exact) mass is 508 g/mol. The Hall–Kier alpha value is -4.39. The van der Waals surface area contributed by atoms with Crippen LogP contribution in [0.2, 0.25) is 0 Å². The van der Waals surface area contributed by atoms with Crippen molar-refractivity contribution in [2.45, 2.75) is 6.92 Å². The molecule has 0 aliphatic carbocycles. The van der Waals surface area contributed by atoms with Gasteiger partial charge in [0.05, 0.1) is 0 Å². The first kappa shape index (κ1) is 27.2. The quantitative estimate of drug-likeness (QED) is 0.166. The van der Waals surface area contributed by atoms with Gasteiger partial charge in [0.15, 0.2) is 0 Å². The van der Waals surface area contributed by atoms with E-state index in [4.69, 9.17) is 0 Å². The van der Waals surface area contributed by atoms with Crippen molar-refractivity contribution in [3.63, 3.8) is 0 Å². The summed E-state index contributed by atoms with van der Waals surface area (Å²) in [4.78, 5) is 72.3. The number of nitrogens with zero attached hydrogens (tertiary/aromatic N) is 4. The fraction of sp³-hybridized carbons (Fsp3) is 0.0417. The molecule has 2 N–H and O–H groups in total. The van der Waals surface area contributed by atoms with E-state index in [9.17, 15) is 29.1 Å². The Balaban J connectivity index is 0.00000380. The van der Waals surface area contributed by atoms with Crippen LogP contribution in [0.4, 0.5) is 10.6 Å². The first-order valence-corrected chi connectivity index (χ1v) is 10.4. The second-order valence-corrected chi connectivity index (χ2v) is 7.41. The maximum absolute atomic E-state index is 12.8. The molecule has 0 atom stereocenters. The van der Waals surface area contributed by atoms with E-state index in [-0.39, 0.29) is 52.3 Å². The van der Waals surface area contributed by atoms with E-state index in [0.29, 0.717) is 5.57 Å². The van der Waals surface area contributed by atoms with Crippen molar-refractivity contribution in [1.82, 2.24) is 24.8 Å². The number of imide groups is 2. The fourth-order valence-electron chi connectivity index (χ4n) is 3.23. The molecule has 12 nitrogen and oxygen atoms in total. The summed E-state index contributed by atoms with van der Waals surface area (Å²) < 4.78 is 0.732. The van der Waals surface area contributed by atoms with Crippen LogP contribution in [-0.4, -0.2) is 37.4 Å². The van der Waals surface area contributed by atoms with Crippen LogP contribution in [0.5, 0.6) is 5.88 Å². The number of rotatable bonds is 5. The third-order valence-electron chi connectivity index (χ3n) is 4.99. The van der Waals surface area contributed by atoms with Crippen molar-refractivity contribution in [3.05, 3.63) is 105 Å². The zero-order valence-electron chi connectivity index (χ0n) is 19.7. The van der Waals surface area contributed by atoms with Crippen molar-refractivity contribution in [2.24, 2.45) is 0 Å². The number of allylic oxidation sites excluding steroid dienone is 4. The molecule has 4 rings (SSSR count). The molecule has 3 aromatic heterocycles. The normalized spacial score (nSPS) is 15.2. The van der Waals surface area contributed by atoms with Gasteiger partial charge in [0.25, 0.3) is 17.4 Å². The van der Waals surface area contributed by atoms with Gasteiger partial charge < -0.3 is 5.11 Å². The maximum Gasteiger partial charge on any atom is 1.00 e. The van der Waals surface area contributed by atoms with Gasteiger partial charge >= 0.3 is 41.3 Å². The number of urea groups is 1. The van der Waals surface area contributed by atoms with E-state index in [1.54, 1.807) is 31.2 Å². The summed E-state index contributed by atoms with van der Waals surface area (Å²) >= 11 is 0. The number of hydrogen-bond donors (Lipinski definition) is 2. The number of hydrogen-bond acceptors (Lipinski definition) is 8.